The number of halogens is 1. The normalized spacial score (nSPS) is 25.8. The maximum Gasteiger partial charge on any atom is 0.213 e. The van der Waals surface area contributed by atoms with E-state index in [4.69, 9.17) is 9.47 Å². The van der Waals surface area contributed by atoms with Crippen molar-refractivity contribution in [2.75, 3.05) is 13.7 Å². The van der Waals surface area contributed by atoms with E-state index in [1.807, 2.05) is 18.2 Å². The molecule has 23 heavy (non-hydrogen) atoms. The third-order valence-corrected chi connectivity index (χ3v) is 4.16. The molecule has 3 atom stereocenters. The average molecular weight is 432 g/mol. The number of nitrogens with zero attached hydrogens (tertiary/aromatic N) is 2. The largest absolute Gasteiger partial charge is 0.481 e. The molecule has 6 nitrogen and oxygen atoms in total. The minimum absolute atomic E-state index is 0. The van der Waals surface area contributed by atoms with Gasteiger partial charge in [-0.15, -0.1) is 24.0 Å². The summed E-state index contributed by atoms with van der Waals surface area (Å²) >= 11 is 0. The van der Waals surface area contributed by atoms with Crippen LogP contribution < -0.4 is 15.4 Å². The summed E-state index contributed by atoms with van der Waals surface area (Å²) in [5, 5.41) is 6.79. The maximum atomic E-state index is 5.88. The van der Waals surface area contributed by atoms with Crippen LogP contribution in [0.5, 0.6) is 5.88 Å². The molecule has 0 amide bonds. The molecule has 2 saturated heterocycles. The van der Waals surface area contributed by atoms with E-state index in [0.29, 0.717) is 30.7 Å². The molecule has 2 N–H and O–H groups in total. The Labute approximate surface area is 154 Å². The first-order valence-electron chi connectivity index (χ1n) is 7.98. The fourth-order valence-electron chi connectivity index (χ4n) is 3.10. The first-order chi connectivity index (χ1) is 10.8. The summed E-state index contributed by atoms with van der Waals surface area (Å²) in [6.45, 7) is 3.42. The van der Waals surface area contributed by atoms with Gasteiger partial charge in [-0.3, -0.25) is 0 Å². The van der Waals surface area contributed by atoms with Gasteiger partial charge in [0.2, 0.25) is 5.88 Å². The highest BCUT2D eigenvalue weighted by molar-refractivity contribution is 14.0. The molecule has 2 aliphatic heterocycles. The van der Waals surface area contributed by atoms with Crippen LogP contribution in [0.1, 0.15) is 31.9 Å². The lowest BCUT2D eigenvalue weighted by molar-refractivity contribution is 0.0992. The van der Waals surface area contributed by atoms with Gasteiger partial charge in [-0.05, 0) is 32.3 Å². The van der Waals surface area contributed by atoms with Gasteiger partial charge in [-0.2, -0.15) is 0 Å². The number of aliphatic imine (C=N–C) groups is 1. The molecule has 0 spiro atoms. The number of methoxy groups -OCH3 is 1. The predicted molar refractivity (Wildman–Crippen MR) is 100 cm³/mol. The fourth-order valence-corrected chi connectivity index (χ4v) is 3.10. The van der Waals surface area contributed by atoms with E-state index in [-0.39, 0.29) is 24.0 Å². The molecule has 0 saturated carbocycles. The zero-order valence-corrected chi connectivity index (χ0v) is 15.9. The molecule has 0 radical (unpaired) electrons. The molecular formula is C16H25IN4O2. The lowest BCUT2D eigenvalue weighted by Crippen LogP contribution is -2.47. The summed E-state index contributed by atoms with van der Waals surface area (Å²) in [5.74, 6) is 1.44. The Hall–Kier alpha value is -1.09. The number of guanidine groups is 1. The number of aromatic nitrogens is 1. The van der Waals surface area contributed by atoms with Crippen LogP contribution in [-0.4, -0.2) is 42.8 Å². The molecule has 0 aromatic carbocycles. The Balaban J connectivity index is 0.00000192. The van der Waals surface area contributed by atoms with Crippen LogP contribution in [0.15, 0.2) is 23.2 Å². The quantitative estimate of drug-likeness (QED) is 0.424. The van der Waals surface area contributed by atoms with E-state index in [1.165, 1.54) is 6.42 Å². The first kappa shape index (κ1) is 18.3. The topological polar surface area (TPSA) is 67.8 Å². The number of hydrogen-bond acceptors (Lipinski definition) is 4. The number of ether oxygens (including phenoxy) is 2. The smallest absolute Gasteiger partial charge is 0.213 e. The molecule has 3 heterocycles. The van der Waals surface area contributed by atoms with E-state index < -0.39 is 0 Å². The van der Waals surface area contributed by atoms with Crippen LogP contribution in [-0.2, 0) is 11.3 Å². The molecule has 2 aliphatic rings. The van der Waals surface area contributed by atoms with Gasteiger partial charge in [-0.1, -0.05) is 6.07 Å². The zero-order valence-electron chi connectivity index (χ0n) is 13.6. The van der Waals surface area contributed by atoms with Gasteiger partial charge in [0, 0.05) is 12.6 Å². The van der Waals surface area contributed by atoms with E-state index in [0.717, 1.165) is 31.0 Å². The van der Waals surface area contributed by atoms with Crippen molar-refractivity contribution in [3.05, 3.63) is 23.9 Å². The second-order valence-electron chi connectivity index (χ2n) is 5.73. The Morgan fingerprint density at radius 3 is 2.96 bits per heavy atom. The summed E-state index contributed by atoms with van der Waals surface area (Å²) in [5.41, 5.74) is 0.890. The third kappa shape index (κ3) is 4.69. The number of nitrogens with one attached hydrogen (secondary N) is 2. The predicted octanol–water partition coefficient (Wildman–Crippen LogP) is 2.08. The van der Waals surface area contributed by atoms with Crippen LogP contribution >= 0.6 is 24.0 Å². The average Bonchev–Trinajstić information content (AvgIpc) is 3.16. The molecule has 7 heteroatoms. The number of hydrogen-bond donors (Lipinski definition) is 2. The van der Waals surface area contributed by atoms with Crippen molar-refractivity contribution >= 4 is 29.9 Å². The molecule has 1 aromatic rings. The summed E-state index contributed by atoms with van der Waals surface area (Å²) in [7, 11) is 1.62. The minimum Gasteiger partial charge on any atom is -0.481 e. The van der Waals surface area contributed by atoms with Gasteiger partial charge in [0.05, 0.1) is 37.6 Å². The van der Waals surface area contributed by atoms with E-state index >= 15 is 0 Å². The first-order valence-corrected chi connectivity index (χ1v) is 7.98. The van der Waals surface area contributed by atoms with Crippen LogP contribution in [0, 0.1) is 0 Å². The van der Waals surface area contributed by atoms with Crippen molar-refractivity contribution < 1.29 is 9.47 Å². The van der Waals surface area contributed by atoms with Crippen molar-refractivity contribution in [3.8, 4) is 5.88 Å². The molecule has 2 fully saturated rings. The van der Waals surface area contributed by atoms with Crippen LogP contribution in [0.25, 0.3) is 0 Å². The van der Waals surface area contributed by atoms with Crippen molar-refractivity contribution in [1.82, 2.24) is 15.6 Å². The van der Waals surface area contributed by atoms with E-state index in [1.54, 1.807) is 7.11 Å². The fraction of sp³-hybridized carbons (Fsp3) is 0.625. The molecule has 3 unspecified atom stereocenters. The van der Waals surface area contributed by atoms with Crippen LogP contribution in [0.4, 0.5) is 0 Å². The van der Waals surface area contributed by atoms with Crippen LogP contribution in [0.2, 0.25) is 0 Å². The van der Waals surface area contributed by atoms with Gasteiger partial charge in [-0.25, -0.2) is 9.98 Å². The highest BCUT2D eigenvalue weighted by Gasteiger charge is 2.41. The summed E-state index contributed by atoms with van der Waals surface area (Å²) in [4.78, 5) is 9.01. The summed E-state index contributed by atoms with van der Waals surface area (Å²) < 4.78 is 11.0. The number of fused-ring (bicyclic) bond motifs is 2. The van der Waals surface area contributed by atoms with Gasteiger partial charge >= 0.3 is 0 Å². The number of pyridine rings is 1. The highest BCUT2D eigenvalue weighted by atomic mass is 127. The second kappa shape index (κ2) is 8.68. The SMILES string of the molecule is CCNC(=NCc1cccc(OC)n1)NC1CC2CCC1O2.I. The maximum absolute atomic E-state index is 5.88. The zero-order chi connectivity index (χ0) is 15.4. The van der Waals surface area contributed by atoms with Gasteiger partial charge in [0.15, 0.2) is 5.96 Å². The van der Waals surface area contributed by atoms with E-state index in [2.05, 4.69) is 27.5 Å². The van der Waals surface area contributed by atoms with Crippen molar-refractivity contribution in [3.63, 3.8) is 0 Å². The summed E-state index contributed by atoms with van der Waals surface area (Å²) in [6, 6.07) is 6.09. The monoisotopic (exact) mass is 432 g/mol. The van der Waals surface area contributed by atoms with Gasteiger partial charge < -0.3 is 20.1 Å². The Morgan fingerprint density at radius 2 is 2.30 bits per heavy atom. The molecule has 1 aromatic heterocycles. The minimum atomic E-state index is 0. The summed E-state index contributed by atoms with van der Waals surface area (Å²) in [6.07, 6.45) is 4.20. The van der Waals surface area contributed by atoms with E-state index in [9.17, 15) is 0 Å². The van der Waals surface area contributed by atoms with Crippen molar-refractivity contribution in [1.29, 1.82) is 0 Å². The lowest BCUT2D eigenvalue weighted by Gasteiger charge is -2.22. The molecule has 128 valence electrons. The Kier molecular flexibility index (Phi) is 6.88. The Bertz CT molecular complexity index is 541. The molecule has 3 rings (SSSR count). The molecule has 2 bridgehead atoms. The second-order valence-corrected chi connectivity index (χ2v) is 5.73. The van der Waals surface area contributed by atoms with Crippen molar-refractivity contribution in [2.24, 2.45) is 4.99 Å². The number of rotatable bonds is 5. The third-order valence-electron chi connectivity index (χ3n) is 4.16. The standard InChI is InChI=1S/C16H24N4O2.HI/c1-3-17-16(20-13-9-12-7-8-14(13)22-12)18-10-11-5-4-6-15(19-11)21-2;/h4-6,12-14H,3,7-10H2,1-2H3,(H2,17,18,20);1H. The molecular weight excluding hydrogens is 407 g/mol. The molecule has 0 aliphatic carbocycles. The van der Waals surface area contributed by atoms with Gasteiger partial charge in [0.25, 0.3) is 0 Å². The van der Waals surface area contributed by atoms with Crippen LogP contribution in [0.3, 0.4) is 0 Å². The van der Waals surface area contributed by atoms with Crippen molar-refractivity contribution in [2.45, 2.75) is 51.0 Å². The highest BCUT2D eigenvalue weighted by Crippen LogP contribution is 2.34. The Morgan fingerprint density at radius 1 is 1.43 bits per heavy atom. The lowest BCUT2D eigenvalue weighted by atomic mass is 9.96. The van der Waals surface area contributed by atoms with Gasteiger partial charge in [0.1, 0.15) is 0 Å².